The van der Waals surface area contributed by atoms with Crippen LogP contribution in [0.25, 0.3) is 0 Å². The molecule has 0 aromatic heterocycles. The lowest BCUT2D eigenvalue weighted by Gasteiger charge is -2.14. The highest BCUT2D eigenvalue weighted by Gasteiger charge is 2.11. The van der Waals surface area contributed by atoms with Crippen molar-refractivity contribution in [3.8, 4) is 5.75 Å². The summed E-state index contributed by atoms with van der Waals surface area (Å²) in [4.78, 5) is 22.3. The first-order chi connectivity index (χ1) is 8.93. The molecule has 1 aromatic rings. The van der Waals surface area contributed by atoms with Gasteiger partial charge in [-0.15, -0.1) is 0 Å². The Bertz CT molecular complexity index is 474. The van der Waals surface area contributed by atoms with E-state index in [0.29, 0.717) is 5.69 Å². The Morgan fingerprint density at radius 1 is 1.37 bits per heavy atom. The van der Waals surface area contributed by atoms with Crippen molar-refractivity contribution in [1.82, 2.24) is 5.32 Å². The summed E-state index contributed by atoms with van der Waals surface area (Å²) in [7, 11) is 0. The molecule has 6 nitrogen and oxygen atoms in total. The lowest BCUT2D eigenvalue weighted by Crippen LogP contribution is -2.35. The van der Waals surface area contributed by atoms with Crippen LogP contribution in [0.5, 0.6) is 5.75 Å². The van der Waals surface area contributed by atoms with E-state index in [2.05, 4.69) is 10.6 Å². The minimum absolute atomic E-state index is 0.0527. The summed E-state index contributed by atoms with van der Waals surface area (Å²) in [6.07, 6.45) is 1.84. The molecule has 1 aromatic carbocycles. The van der Waals surface area contributed by atoms with Crippen LogP contribution in [0.3, 0.4) is 0 Å². The number of carboxylic acids is 1. The van der Waals surface area contributed by atoms with Crippen molar-refractivity contribution in [1.29, 1.82) is 0 Å². The highest BCUT2D eigenvalue weighted by Crippen LogP contribution is 2.21. The van der Waals surface area contributed by atoms with Gasteiger partial charge in [-0.2, -0.15) is 0 Å². The zero-order valence-electron chi connectivity index (χ0n) is 10.9. The van der Waals surface area contributed by atoms with Crippen molar-refractivity contribution in [2.24, 2.45) is 0 Å². The molecular weight excluding hydrogens is 248 g/mol. The third-order valence-electron chi connectivity index (χ3n) is 2.59. The Morgan fingerprint density at radius 3 is 2.58 bits per heavy atom. The van der Waals surface area contributed by atoms with Gasteiger partial charge in [0.25, 0.3) is 0 Å². The van der Waals surface area contributed by atoms with E-state index in [9.17, 15) is 14.7 Å². The molecule has 0 saturated heterocycles. The van der Waals surface area contributed by atoms with E-state index in [-0.39, 0.29) is 23.4 Å². The van der Waals surface area contributed by atoms with Gasteiger partial charge in [0.1, 0.15) is 11.3 Å². The lowest BCUT2D eigenvalue weighted by molar-refractivity contribution is 0.0694. The maximum absolute atomic E-state index is 11.6. The number of aromatic carboxylic acids is 1. The van der Waals surface area contributed by atoms with Crippen molar-refractivity contribution < 1.29 is 19.8 Å². The van der Waals surface area contributed by atoms with Gasteiger partial charge in [-0.25, -0.2) is 9.59 Å². The summed E-state index contributed by atoms with van der Waals surface area (Å²) in [5.41, 5.74) is 0.133. The Hall–Kier alpha value is -2.24. The van der Waals surface area contributed by atoms with Gasteiger partial charge in [-0.3, -0.25) is 0 Å². The third-order valence-corrected chi connectivity index (χ3v) is 2.59. The molecule has 1 atom stereocenters. The van der Waals surface area contributed by atoms with Crippen LogP contribution in [0.1, 0.15) is 37.0 Å². The standard InChI is InChI=1S/C13H18N2O4/c1-3-4-8(2)14-13(19)15-9-5-6-10(12(17)18)11(16)7-9/h5-8,16H,3-4H2,1-2H3,(H,17,18)(H2,14,15,19). The Morgan fingerprint density at radius 2 is 2.05 bits per heavy atom. The number of carbonyl (C=O) groups is 2. The number of carboxylic acid groups (broad SMARTS) is 1. The normalized spacial score (nSPS) is 11.7. The number of anilines is 1. The van der Waals surface area contributed by atoms with E-state index in [1.54, 1.807) is 0 Å². The number of urea groups is 1. The largest absolute Gasteiger partial charge is 0.507 e. The predicted molar refractivity (Wildman–Crippen MR) is 71.6 cm³/mol. The molecule has 104 valence electrons. The first-order valence-electron chi connectivity index (χ1n) is 6.07. The van der Waals surface area contributed by atoms with Crippen molar-refractivity contribution in [3.05, 3.63) is 23.8 Å². The van der Waals surface area contributed by atoms with Crippen LogP contribution in [-0.2, 0) is 0 Å². The average molecular weight is 266 g/mol. The summed E-state index contributed by atoms with van der Waals surface area (Å²) in [6.45, 7) is 3.92. The quantitative estimate of drug-likeness (QED) is 0.657. The molecule has 1 rings (SSSR count). The Kier molecular flexibility index (Phi) is 5.17. The highest BCUT2D eigenvalue weighted by molar-refractivity contribution is 5.93. The second-order valence-electron chi connectivity index (χ2n) is 4.33. The molecule has 0 radical (unpaired) electrons. The zero-order valence-corrected chi connectivity index (χ0v) is 10.9. The number of aromatic hydroxyl groups is 1. The number of amides is 2. The van der Waals surface area contributed by atoms with Crippen LogP contribution >= 0.6 is 0 Å². The van der Waals surface area contributed by atoms with Crippen molar-refractivity contribution in [2.75, 3.05) is 5.32 Å². The van der Waals surface area contributed by atoms with Crippen molar-refractivity contribution in [2.45, 2.75) is 32.7 Å². The highest BCUT2D eigenvalue weighted by atomic mass is 16.4. The van der Waals surface area contributed by atoms with Gasteiger partial charge in [0.05, 0.1) is 0 Å². The summed E-state index contributed by atoms with van der Waals surface area (Å²) >= 11 is 0. The number of carbonyl (C=O) groups excluding carboxylic acids is 1. The Balaban J connectivity index is 2.65. The van der Waals surface area contributed by atoms with E-state index >= 15 is 0 Å². The topological polar surface area (TPSA) is 98.7 Å². The van der Waals surface area contributed by atoms with Crippen LogP contribution < -0.4 is 10.6 Å². The zero-order chi connectivity index (χ0) is 14.4. The number of phenols is 1. The monoisotopic (exact) mass is 266 g/mol. The van der Waals surface area contributed by atoms with Gasteiger partial charge in [-0.1, -0.05) is 13.3 Å². The number of nitrogens with one attached hydrogen (secondary N) is 2. The molecule has 0 saturated carbocycles. The molecule has 0 fully saturated rings. The van der Waals surface area contributed by atoms with Crippen LogP contribution in [0.15, 0.2) is 18.2 Å². The molecule has 0 aliphatic carbocycles. The van der Waals surface area contributed by atoms with Crippen LogP contribution in [0, 0.1) is 0 Å². The molecule has 0 bridgehead atoms. The van der Waals surface area contributed by atoms with Gasteiger partial charge in [0.15, 0.2) is 0 Å². The predicted octanol–water partition coefficient (Wildman–Crippen LogP) is 2.40. The summed E-state index contributed by atoms with van der Waals surface area (Å²) in [5, 5.41) is 23.5. The van der Waals surface area contributed by atoms with Gasteiger partial charge >= 0.3 is 12.0 Å². The van der Waals surface area contributed by atoms with Crippen LogP contribution in [0.2, 0.25) is 0 Å². The first kappa shape index (κ1) is 14.8. The molecule has 0 aliphatic heterocycles. The maximum atomic E-state index is 11.6. The molecule has 0 spiro atoms. The van der Waals surface area contributed by atoms with Crippen molar-refractivity contribution >= 4 is 17.7 Å². The van der Waals surface area contributed by atoms with E-state index in [0.717, 1.165) is 12.8 Å². The van der Waals surface area contributed by atoms with Gasteiger partial charge in [0, 0.05) is 17.8 Å². The van der Waals surface area contributed by atoms with Gasteiger partial charge in [0.2, 0.25) is 0 Å². The third kappa shape index (κ3) is 4.50. The summed E-state index contributed by atoms with van der Waals surface area (Å²) in [6, 6.07) is 3.53. The van der Waals surface area contributed by atoms with E-state index in [1.165, 1.54) is 18.2 Å². The summed E-state index contributed by atoms with van der Waals surface area (Å²) in [5.74, 6) is -1.60. The second-order valence-corrected chi connectivity index (χ2v) is 4.33. The lowest BCUT2D eigenvalue weighted by atomic mass is 10.2. The molecule has 0 heterocycles. The molecule has 2 amide bonds. The number of rotatable bonds is 5. The van der Waals surface area contributed by atoms with Gasteiger partial charge in [-0.05, 0) is 25.5 Å². The minimum Gasteiger partial charge on any atom is -0.507 e. The molecular formula is C13H18N2O4. The molecule has 6 heteroatoms. The second kappa shape index (κ2) is 6.63. The van der Waals surface area contributed by atoms with Crippen LogP contribution in [-0.4, -0.2) is 28.3 Å². The molecule has 0 aliphatic rings. The molecule has 19 heavy (non-hydrogen) atoms. The number of hydrogen-bond donors (Lipinski definition) is 4. The van der Waals surface area contributed by atoms with Gasteiger partial charge < -0.3 is 20.8 Å². The van der Waals surface area contributed by atoms with Crippen molar-refractivity contribution in [3.63, 3.8) is 0 Å². The fourth-order valence-electron chi connectivity index (χ4n) is 1.69. The van der Waals surface area contributed by atoms with E-state index in [1.807, 2.05) is 13.8 Å². The minimum atomic E-state index is -1.22. The number of benzene rings is 1. The molecule has 1 unspecified atom stereocenters. The molecule has 4 N–H and O–H groups in total. The Labute approximate surface area is 111 Å². The number of hydrogen-bond acceptors (Lipinski definition) is 3. The van der Waals surface area contributed by atoms with E-state index < -0.39 is 5.97 Å². The maximum Gasteiger partial charge on any atom is 0.339 e. The summed E-state index contributed by atoms with van der Waals surface area (Å²) < 4.78 is 0. The average Bonchev–Trinajstić information content (AvgIpc) is 2.28. The fraction of sp³-hybridized carbons (Fsp3) is 0.385. The first-order valence-corrected chi connectivity index (χ1v) is 6.07. The smallest absolute Gasteiger partial charge is 0.339 e. The SMILES string of the molecule is CCCC(C)NC(=O)Nc1ccc(C(=O)O)c(O)c1. The van der Waals surface area contributed by atoms with Crippen LogP contribution in [0.4, 0.5) is 10.5 Å². The van der Waals surface area contributed by atoms with E-state index in [4.69, 9.17) is 5.11 Å². The fourth-order valence-corrected chi connectivity index (χ4v) is 1.69.